The lowest BCUT2D eigenvalue weighted by Crippen LogP contribution is -2.15. The van der Waals surface area contributed by atoms with Gasteiger partial charge in [0.1, 0.15) is 11.7 Å². The van der Waals surface area contributed by atoms with Gasteiger partial charge in [-0.05, 0) is 50.2 Å². The van der Waals surface area contributed by atoms with Crippen molar-refractivity contribution in [3.8, 4) is 22.9 Å². The van der Waals surface area contributed by atoms with Crippen LogP contribution in [0.15, 0.2) is 41.4 Å². The molecule has 2 aromatic carbocycles. The smallest absolute Gasteiger partial charge is 0.161 e. The van der Waals surface area contributed by atoms with Crippen LogP contribution in [0.3, 0.4) is 0 Å². The highest BCUT2D eigenvalue weighted by Crippen LogP contribution is 2.32. The van der Waals surface area contributed by atoms with Crippen molar-refractivity contribution in [1.82, 2.24) is 9.97 Å². The summed E-state index contributed by atoms with van der Waals surface area (Å²) in [7, 11) is 3.23. The second-order valence-electron chi connectivity index (χ2n) is 6.00. The maximum atomic E-state index is 6.06. The van der Waals surface area contributed by atoms with E-state index in [4.69, 9.17) is 15.2 Å². The van der Waals surface area contributed by atoms with Crippen LogP contribution in [0.5, 0.6) is 11.5 Å². The van der Waals surface area contributed by atoms with Crippen molar-refractivity contribution in [3.05, 3.63) is 42.0 Å². The van der Waals surface area contributed by atoms with E-state index in [1.807, 2.05) is 50.2 Å². The number of fused-ring (bicyclic) bond motifs is 1. The summed E-state index contributed by atoms with van der Waals surface area (Å²) in [6, 6.07) is 11.7. The van der Waals surface area contributed by atoms with Gasteiger partial charge < -0.3 is 20.2 Å². The van der Waals surface area contributed by atoms with Gasteiger partial charge in [-0.3, -0.25) is 4.99 Å². The normalized spacial score (nSPS) is 12.0. The second-order valence-corrected chi connectivity index (χ2v) is 6.00. The number of benzene rings is 2. The molecule has 1 heterocycles. The Hall–Kier alpha value is -3.02. The zero-order valence-corrected chi connectivity index (χ0v) is 14.8. The minimum Gasteiger partial charge on any atom is -0.493 e. The van der Waals surface area contributed by atoms with Crippen LogP contribution in [-0.4, -0.2) is 36.1 Å². The number of imidazole rings is 1. The molecule has 0 saturated heterocycles. The van der Waals surface area contributed by atoms with Crippen LogP contribution in [0.1, 0.15) is 19.4 Å². The zero-order valence-electron chi connectivity index (χ0n) is 14.8. The molecule has 0 unspecified atom stereocenters. The number of hydrogen-bond acceptors (Lipinski definition) is 4. The minimum atomic E-state index is 0.153. The van der Waals surface area contributed by atoms with Crippen LogP contribution in [0.4, 0.5) is 0 Å². The van der Waals surface area contributed by atoms with Gasteiger partial charge in [-0.1, -0.05) is 0 Å². The van der Waals surface area contributed by atoms with E-state index < -0.39 is 0 Å². The monoisotopic (exact) mass is 338 g/mol. The highest BCUT2D eigenvalue weighted by atomic mass is 16.5. The standard InChI is InChI=1S/C19H22N4O2/c1-11(2)21-18(20)12-5-7-14-15(9-12)23-19(22-14)13-6-8-16(24-3)17(10-13)25-4/h5-11H,1-4H3,(H2,20,21)(H,22,23). The molecular weight excluding hydrogens is 316 g/mol. The lowest BCUT2D eigenvalue weighted by atomic mass is 10.2. The lowest BCUT2D eigenvalue weighted by Gasteiger charge is -2.08. The fourth-order valence-corrected chi connectivity index (χ4v) is 2.64. The molecule has 0 bridgehead atoms. The molecule has 0 spiro atoms. The largest absolute Gasteiger partial charge is 0.493 e. The SMILES string of the molecule is COc1ccc(-c2nc3ccc(C(N)=NC(C)C)cc3[nH]2)cc1OC. The number of aromatic amines is 1. The third-order valence-corrected chi connectivity index (χ3v) is 3.83. The van der Waals surface area contributed by atoms with Gasteiger partial charge in [0.2, 0.25) is 0 Å². The first-order valence-electron chi connectivity index (χ1n) is 8.07. The summed E-state index contributed by atoms with van der Waals surface area (Å²) in [5.74, 6) is 2.63. The van der Waals surface area contributed by atoms with Gasteiger partial charge in [-0.25, -0.2) is 4.98 Å². The van der Waals surface area contributed by atoms with Gasteiger partial charge in [0.05, 0.1) is 25.3 Å². The molecule has 0 aliphatic heterocycles. The summed E-state index contributed by atoms with van der Waals surface area (Å²) in [5, 5.41) is 0. The number of hydrogen-bond donors (Lipinski definition) is 2. The molecule has 3 aromatic rings. The molecule has 0 aliphatic rings. The second kappa shape index (κ2) is 6.84. The topological polar surface area (TPSA) is 85.5 Å². The quantitative estimate of drug-likeness (QED) is 0.552. The van der Waals surface area contributed by atoms with E-state index >= 15 is 0 Å². The molecule has 0 fully saturated rings. The molecule has 6 heteroatoms. The summed E-state index contributed by atoms with van der Waals surface area (Å²) in [4.78, 5) is 12.4. The Morgan fingerprint density at radius 3 is 2.52 bits per heavy atom. The van der Waals surface area contributed by atoms with E-state index in [2.05, 4.69) is 15.0 Å². The molecule has 0 aliphatic carbocycles. The molecule has 0 amide bonds. The van der Waals surface area contributed by atoms with Gasteiger partial charge in [0, 0.05) is 17.2 Å². The predicted octanol–water partition coefficient (Wildman–Crippen LogP) is 3.36. The van der Waals surface area contributed by atoms with Crippen molar-refractivity contribution in [2.24, 2.45) is 10.7 Å². The van der Waals surface area contributed by atoms with Crippen LogP contribution < -0.4 is 15.2 Å². The Morgan fingerprint density at radius 1 is 1.08 bits per heavy atom. The van der Waals surface area contributed by atoms with E-state index in [1.54, 1.807) is 14.2 Å². The van der Waals surface area contributed by atoms with Crippen molar-refractivity contribution < 1.29 is 9.47 Å². The number of methoxy groups -OCH3 is 2. The average Bonchev–Trinajstić information content (AvgIpc) is 3.03. The van der Waals surface area contributed by atoms with Crippen molar-refractivity contribution in [2.75, 3.05) is 14.2 Å². The van der Waals surface area contributed by atoms with Crippen molar-refractivity contribution in [2.45, 2.75) is 19.9 Å². The maximum absolute atomic E-state index is 6.06. The molecule has 0 atom stereocenters. The molecule has 0 radical (unpaired) electrons. The first-order valence-corrected chi connectivity index (χ1v) is 8.07. The van der Waals surface area contributed by atoms with E-state index in [-0.39, 0.29) is 6.04 Å². The number of nitrogens with zero attached hydrogens (tertiary/aromatic N) is 2. The molecular formula is C19H22N4O2. The first kappa shape index (κ1) is 16.8. The Kier molecular flexibility index (Phi) is 4.61. The third-order valence-electron chi connectivity index (χ3n) is 3.83. The number of aromatic nitrogens is 2. The highest BCUT2D eigenvalue weighted by Gasteiger charge is 2.11. The molecule has 25 heavy (non-hydrogen) atoms. The van der Waals surface area contributed by atoms with E-state index in [0.717, 1.165) is 28.0 Å². The van der Waals surface area contributed by atoms with E-state index in [0.29, 0.717) is 17.3 Å². The molecule has 3 N–H and O–H groups in total. The third kappa shape index (κ3) is 3.42. The summed E-state index contributed by atoms with van der Waals surface area (Å²) in [6.07, 6.45) is 0. The maximum Gasteiger partial charge on any atom is 0.161 e. The van der Waals surface area contributed by atoms with Crippen molar-refractivity contribution >= 4 is 16.9 Å². The number of amidine groups is 1. The Morgan fingerprint density at radius 2 is 1.84 bits per heavy atom. The van der Waals surface area contributed by atoms with Gasteiger partial charge in [-0.15, -0.1) is 0 Å². The summed E-state index contributed by atoms with van der Waals surface area (Å²) in [6.45, 7) is 3.99. The van der Waals surface area contributed by atoms with Crippen LogP contribution in [0.2, 0.25) is 0 Å². The van der Waals surface area contributed by atoms with Crippen LogP contribution in [-0.2, 0) is 0 Å². The van der Waals surface area contributed by atoms with E-state index in [1.165, 1.54) is 0 Å². The highest BCUT2D eigenvalue weighted by molar-refractivity contribution is 6.00. The molecule has 0 saturated carbocycles. The Balaban J connectivity index is 2.02. The number of nitrogens with two attached hydrogens (primary N) is 1. The van der Waals surface area contributed by atoms with Crippen molar-refractivity contribution in [3.63, 3.8) is 0 Å². The van der Waals surface area contributed by atoms with Crippen LogP contribution in [0.25, 0.3) is 22.4 Å². The molecule has 1 aromatic heterocycles. The summed E-state index contributed by atoms with van der Waals surface area (Å²) < 4.78 is 10.6. The number of rotatable bonds is 5. The van der Waals surface area contributed by atoms with Gasteiger partial charge >= 0.3 is 0 Å². The number of aliphatic imine (C=N–C) groups is 1. The van der Waals surface area contributed by atoms with Crippen LogP contribution in [0, 0.1) is 0 Å². The number of nitrogens with one attached hydrogen (secondary N) is 1. The molecule has 3 rings (SSSR count). The number of ether oxygens (including phenoxy) is 2. The molecule has 6 nitrogen and oxygen atoms in total. The fourth-order valence-electron chi connectivity index (χ4n) is 2.64. The molecule has 130 valence electrons. The fraction of sp³-hybridized carbons (Fsp3) is 0.263. The first-order chi connectivity index (χ1) is 12.0. The zero-order chi connectivity index (χ0) is 18.0. The Labute approximate surface area is 146 Å². The number of H-pyrrole nitrogens is 1. The van der Waals surface area contributed by atoms with Gasteiger partial charge in [0.15, 0.2) is 11.5 Å². The average molecular weight is 338 g/mol. The predicted molar refractivity (Wildman–Crippen MR) is 100 cm³/mol. The summed E-state index contributed by atoms with van der Waals surface area (Å²) >= 11 is 0. The van der Waals surface area contributed by atoms with Gasteiger partial charge in [-0.2, -0.15) is 0 Å². The Bertz CT molecular complexity index is 928. The van der Waals surface area contributed by atoms with Crippen LogP contribution >= 0.6 is 0 Å². The van der Waals surface area contributed by atoms with E-state index in [9.17, 15) is 0 Å². The van der Waals surface area contributed by atoms with Gasteiger partial charge in [0.25, 0.3) is 0 Å². The summed E-state index contributed by atoms with van der Waals surface area (Å²) in [5.41, 5.74) is 9.63. The lowest BCUT2D eigenvalue weighted by molar-refractivity contribution is 0.355. The minimum absolute atomic E-state index is 0.153. The van der Waals surface area contributed by atoms with Crippen molar-refractivity contribution in [1.29, 1.82) is 0 Å².